The molecule has 2 aromatic carbocycles. The van der Waals surface area contributed by atoms with E-state index in [1.165, 1.54) is 0 Å². The fraction of sp³-hybridized carbons (Fsp3) is 0.222. The number of hydrogen-bond acceptors (Lipinski definition) is 4. The van der Waals surface area contributed by atoms with Gasteiger partial charge in [-0.25, -0.2) is 8.78 Å². The standard InChI is InChI=1S/C18H16F2N2O4/c19-12-2-3-13(14(20)8-12)18(24)22-10-17(23)21-9-11-1-4-15-16(7-11)26-6-5-25-15/h1-4,7-8H,5-6,9-10H2,(H,21,23)(H,22,24). The molecule has 0 unspecified atom stereocenters. The Morgan fingerprint density at radius 2 is 1.73 bits per heavy atom. The lowest BCUT2D eigenvalue weighted by Crippen LogP contribution is -2.36. The number of ether oxygens (including phenoxy) is 2. The molecule has 0 spiro atoms. The van der Waals surface area contributed by atoms with Gasteiger partial charge in [0.05, 0.1) is 12.1 Å². The van der Waals surface area contributed by atoms with Crippen LogP contribution < -0.4 is 20.1 Å². The molecule has 2 amide bonds. The van der Waals surface area contributed by atoms with Crippen LogP contribution in [0.15, 0.2) is 36.4 Å². The van der Waals surface area contributed by atoms with Gasteiger partial charge in [-0.2, -0.15) is 0 Å². The number of carbonyl (C=O) groups excluding carboxylic acids is 2. The Hall–Kier alpha value is -3.16. The average Bonchev–Trinajstić information content (AvgIpc) is 2.64. The largest absolute Gasteiger partial charge is 0.486 e. The number of benzene rings is 2. The van der Waals surface area contributed by atoms with Gasteiger partial charge in [0.2, 0.25) is 5.91 Å². The molecule has 2 N–H and O–H groups in total. The molecule has 0 aromatic heterocycles. The second-order valence-corrected chi connectivity index (χ2v) is 5.56. The molecule has 1 aliphatic heterocycles. The maximum atomic E-state index is 13.5. The van der Waals surface area contributed by atoms with Crippen LogP contribution >= 0.6 is 0 Å². The second-order valence-electron chi connectivity index (χ2n) is 5.56. The molecule has 3 rings (SSSR count). The van der Waals surface area contributed by atoms with E-state index in [1.807, 2.05) is 0 Å². The van der Waals surface area contributed by atoms with Crippen molar-refractivity contribution in [2.45, 2.75) is 6.54 Å². The third kappa shape index (κ3) is 4.27. The topological polar surface area (TPSA) is 76.7 Å². The van der Waals surface area contributed by atoms with Crippen LogP contribution in [0.2, 0.25) is 0 Å². The summed E-state index contributed by atoms with van der Waals surface area (Å²) in [6.45, 7) is 0.864. The zero-order chi connectivity index (χ0) is 18.5. The van der Waals surface area contributed by atoms with E-state index in [0.717, 1.165) is 17.7 Å². The van der Waals surface area contributed by atoms with Crippen LogP contribution in [-0.4, -0.2) is 31.6 Å². The molecule has 0 fully saturated rings. The molecule has 0 atom stereocenters. The summed E-state index contributed by atoms with van der Waals surface area (Å²) in [5.41, 5.74) is 0.476. The predicted octanol–water partition coefficient (Wildman–Crippen LogP) is 1.78. The SMILES string of the molecule is O=C(CNC(=O)c1ccc(F)cc1F)NCc1ccc2c(c1)OCCO2. The molecule has 0 saturated carbocycles. The lowest BCUT2D eigenvalue weighted by Gasteiger charge is -2.19. The summed E-state index contributed by atoms with van der Waals surface area (Å²) in [6.07, 6.45) is 0. The van der Waals surface area contributed by atoms with Crippen molar-refractivity contribution < 1.29 is 27.8 Å². The number of hydrogen-bond donors (Lipinski definition) is 2. The van der Waals surface area contributed by atoms with Crippen molar-refractivity contribution in [3.63, 3.8) is 0 Å². The van der Waals surface area contributed by atoms with E-state index < -0.39 is 23.4 Å². The number of carbonyl (C=O) groups is 2. The molecule has 0 bridgehead atoms. The molecule has 1 aliphatic rings. The summed E-state index contributed by atoms with van der Waals surface area (Å²) in [5.74, 6) is -1.74. The van der Waals surface area contributed by atoms with Gasteiger partial charge in [0.1, 0.15) is 24.8 Å². The van der Waals surface area contributed by atoms with Crippen molar-refractivity contribution >= 4 is 11.8 Å². The zero-order valence-corrected chi connectivity index (χ0v) is 13.7. The average molecular weight is 362 g/mol. The van der Waals surface area contributed by atoms with Crippen LogP contribution in [0, 0.1) is 11.6 Å². The van der Waals surface area contributed by atoms with Gasteiger partial charge in [-0.3, -0.25) is 9.59 Å². The fourth-order valence-electron chi connectivity index (χ4n) is 2.39. The highest BCUT2D eigenvalue weighted by molar-refractivity contribution is 5.96. The van der Waals surface area contributed by atoms with Gasteiger partial charge < -0.3 is 20.1 Å². The predicted molar refractivity (Wildman–Crippen MR) is 88.0 cm³/mol. The van der Waals surface area contributed by atoms with E-state index >= 15 is 0 Å². The molecule has 0 radical (unpaired) electrons. The third-order valence-corrected chi connectivity index (χ3v) is 3.68. The van der Waals surface area contributed by atoms with E-state index in [2.05, 4.69) is 10.6 Å². The van der Waals surface area contributed by atoms with Gasteiger partial charge in [0.25, 0.3) is 5.91 Å². The monoisotopic (exact) mass is 362 g/mol. The molecular weight excluding hydrogens is 346 g/mol. The van der Waals surface area contributed by atoms with Crippen LogP contribution in [0.3, 0.4) is 0 Å². The maximum Gasteiger partial charge on any atom is 0.254 e. The minimum atomic E-state index is -0.987. The molecule has 1 heterocycles. The molecule has 6 nitrogen and oxygen atoms in total. The summed E-state index contributed by atoms with van der Waals surface area (Å²) in [7, 11) is 0. The lowest BCUT2D eigenvalue weighted by molar-refractivity contribution is -0.120. The highest BCUT2D eigenvalue weighted by atomic mass is 19.1. The minimum Gasteiger partial charge on any atom is -0.486 e. The van der Waals surface area contributed by atoms with Gasteiger partial charge in [-0.05, 0) is 29.8 Å². The molecule has 136 valence electrons. The summed E-state index contributed by atoms with van der Waals surface area (Å²) >= 11 is 0. The first-order valence-electron chi connectivity index (χ1n) is 7.91. The Balaban J connectivity index is 1.49. The van der Waals surface area contributed by atoms with Crippen molar-refractivity contribution in [3.05, 3.63) is 59.2 Å². The summed E-state index contributed by atoms with van der Waals surface area (Å²) < 4.78 is 37.2. The second kappa shape index (κ2) is 7.81. The van der Waals surface area contributed by atoms with Gasteiger partial charge in [0.15, 0.2) is 11.5 Å². The highest BCUT2D eigenvalue weighted by Crippen LogP contribution is 2.30. The zero-order valence-electron chi connectivity index (χ0n) is 13.7. The van der Waals surface area contributed by atoms with Crippen molar-refractivity contribution in [3.8, 4) is 11.5 Å². The van der Waals surface area contributed by atoms with E-state index in [1.54, 1.807) is 18.2 Å². The Labute approximate surface area is 148 Å². The summed E-state index contributed by atoms with van der Waals surface area (Å²) in [4.78, 5) is 23.7. The Morgan fingerprint density at radius 3 is 2.50 bits per heavy atom. The first-order valence-corrected chi connectivity index (χ1v) is 7.91. The quantitative estimate of drug-likeness (QED) is 0.850. The fourth-order valence-corrected chi connectivity index (χ4v) is 2.39. The van der Waals surface area contributed by atoms with Crippen LogP contribution in [-0.2, 0) is 11.3 Å². The van der Waals surface area contributed by atoms with E-state index in [0.29, 0.717) is 30.8 Å². The van der Waals surface area contributed by atoms with Crippen LogP contribution in [0.25, 0.3) is 0 Å². The smallest absolute Gasteiger partial charge is 0.254 e. The Morgan fingerprint density at radius 1 is 0.962 bits per heavy atom. The van der Waals surface area contributed by atoms with Gasteiger partial charge in [0, 0.05) is 12.6 Å². The van der Waals surface area contributed by atoms with E-state index in [9.17, 15) is 18.4 Å². The van der Waals surface area contributed by atoms with E-state index in [4.69, 9.17) is 9.47 Å². The molecule has 26 heavy (non-hydrogen) atoms. The molecule has 0 aliphatic carbocycles. The van der Waals surface area contributed by atoms with E-state index in [-0.39, 0.29) is 18.7 Å². The lowest BCUT2D eigenvalue weighted by atomic mass is 10.2. The third-order valence-electron chi connectivity index (χ3n) is 3.68. The van der Waals surface area contributed by atoms with Crippen LogP contribution in [0.5, 0.6) is 11.5 Å². The molecule has 8 heteroatoms. The highest BCUT2D eigenvalue weighted by Gasteiger charge is 2.14. The molecular formula is C18H16F2N2O4. The van der Waals surface area contributed by atoms with Crippen molar-refractivity contribution in [2.75, 3.05) is 19.8 Å². The number of rotatable bonds is 5. The first-order chi connectivity index (χ1) is 12.5. The molecule has 2 aromatic rings. The number of halogens is 2. The van der Waals surface area contributed by atoms with Gasteiger partial charge in [-0.15, -0.1) is 0 Å². The number of fused-ring (bicyclic) bond motifs is 1. The van der Waals surface area contributed by atoms with Crippen molar-refractivity contribution in [1.29, 1.82) is 0 Å². The Kier molecular flexibility index (Phi) is 5.31. The number of amides is 2. The number of nitrogens with one attached hydrogen (secondary N) is 2. The first kappa shape index (κ1) is 17.7. The van der Waals surface area contributed by atoms with Gasteiger partial charge >= 0.3 is 0 Å². The summed E-state index contributed by atoms with van der Waals surface area (Å²) in [6, 6.07) is 7.92. The van der Waals surface area contributed by atoms with Crippen molar-refractivity contribution in [2.24, 2.45) is 0 Å². The maximum absolute atomic E-state index is 13.5. The van der Waals surface area contributed by atoms with Crippen LogP contribution in [0.1, 0.15) is 15.9 Å². The normalized spacial score (nSPS) is 12.4. The minimum absolute atomic E-state index is 0.232. The Bertz CT molecular complexity index is 842. The summed E-state index contributed by atoms with van der Waals surface area (Å²) in [5, 5.41) is 4.92. The van der Waals surface area contributed by atoms with Crippen LogP contribution in [0.4, 0.5) is 8.78 Å². The van der Waals surface area contributed by atoms with Crippen molar-refractivity contribution in [1.82, 2.24) is 10.6 Å². The van der Waals surface area contributed by atoms with Gasteiger partial charge in [-0.1, -0.05) is 6.07 Å². The molecule has 0 saturated heterocycles.